The van der Waals surface area contributed by atoms with Gasteiger partial charge in [-0.25, -0.2) is 8.42 Å². The molecule has 0 aliphatic heterocycles. The average molecular weight is 413 g/mol. The largest absolute Gasteiger partial charge is 0.416 e. The lowest BCUT2D eigenvalue weighted by Gasteiger charge is -2.35. The Bertz CT molecular complexity index is 705. The first-order valence-electron chi connectivity index (χ1n) is 9.87. The molecule has 0 bridgehead atoms. The van der Waals surface area contributed by atoms with Crippen molar-refractivity contribution in [3.05, 3.63) is 29.8 Å². The molecule has 0 N–H and O–H groups in total. The molecule has 0 aromatic heterocycles. The van der Waals surface area contributed by atoms with Crippen molar-refractivity contribution >= 4 is 23.9 Å². The van der Waals surface area contributed by atoms with E-state index in [0.717, 1.165) is 23.7 Å². The number of rotatable bonds is 10. The van der Waals surface area contributed by atoms with E-state index in [0.29, 0.717) is 6.61 Å². The summed E-state index contributed by atoms with van der Waals surface area (Å²) in [7, 11) is -5.48. The summed E-state index contributed by atoms with van der Waals surface area (Å²) in [6.07, 6.45) is 0. The Kier molecular flexibility index (Phi) is 8.45. The van der Waals surface area contributed by atoms with Crippen LogP contribution in [0.2, 0.25) is 18.1 Å². The van der Waals surface area contributed by atoms with Crippen molar-refractivity contribution in [2.45, 2.75) is 71.5 Å². The predicted molar refractivity (Wildman–Crippen MR) is 114 cm³/mol. The lowest BCUT2D eigenvalue weighted by Crippen LogP contribution is -2.43. The van der Waals surface area contributed by atoms with Gasteiger partial charge >= 0.3 is 0 Å². The summed E-state index contributed by atoms with van der Waals surface area (Å²) in [5.74, 6) is -1.16. The summed E-state index contributed by atoms with van der Waals surface area (Å²) in [6, 6.07) is 9.68. The number of benzene rings is 1. The minimum Gasteiger partial charge on any atom is -0.416 e. The third-order valence-electron chi connectivity index (χ3n) is 5.64. The second kappa shape index (κ2) is 9.48. The van der Waals surface area contributed by atoms with Crippen LogP contribution in [-0.4, -0.2) is 34.9 Å². The van der Waals surface area contributed by atoms with Gasteiger partial charge in [-0.3, -0.25) is 4.79 Å². The van der Waals surface area contributed by atoms with Crippen LogP contribution in [0.3, 0.4) is 0 Å². The number of aryl methyl sites for hydroxylation is 1. The summed E-state index contributed by atoms with van der Waals surface area (Å²) in [5.41, 5.74) is 0.635. The van der Waals surface area contributed by atoms with Gasteiger partial charge in [0.2, 0.25) is 0 Å². The van der Waals surface area contributed by atoms with Gasteiger partial charge in [-0.15, -0.1) is 0 Å². The molecule has 0 fully saturated rings. The molecule has 4 nitrogen and oxygen atoms in total. The highest BCUT2D eigenvalue weighted by Gasteiger charge is 2.37. The van der Waals surface area contributed by atoms with Gasteiger partial charge in [0, 0.05) is 12.5 Å². The summed E-state index contributed by atoms with van der Waals surface area (Å²) < 4.78 is 31.8. The highest BCUT2D eigenvalue weighted by atomic mass is 32.2. The highest BCUT2D eigenvalue weighted by molar-refractivity contribution is 7.92. The van der Waals surface area contributed by atoms with Gasteiger partial charge in [0.15, 0.2) is 23.9 Å². The van der Waals surface area contributed by atoms with Crippen LogP contribution in [0.5, 0.6) is 0 Å². The molecule has 27 heavy (non-hydrogen) atoms. The monoisotopic (exact) mass is 412 g/mol. The second-order valence-corrected chi connectivity index (χ2v) is 15.3. The minimum atomic E-state index is -3.65. The molecule has 0 aliphatic carbocycles. The van der Waals surface area contributed by atoms with Gasteiger partial charge in [0.1, 0.15) is 5.75 Å². The van der Waals surface area contributed by atoms with E-state index in [9.17, 15) is 13.2 Å². The van der Waals surface area contributed by atoms with Crippen LogP contribution in [0, 0.1) is 18.3 Å². The molecular formula is C21H36O4SSi. The Balaban J connectivity index is 3.00. The van der Waals surface area contributed by atoms with Crippen molar-refractivity contribution < 1.29 is 17.6 Å². The smallest absolute Gasteiger partial charge is 0.192 e. The summed E-state index contributed by atoms with van der Waals surface area (Å²) in [5, 5.41) is 0. The fourth-order valence-corrected chi connectivity index (χ4v) is 7.18. The molecule has 1 atom stereocenters. The van der Waals surface area contributed by atoms with E-state index in [1.807, 2.05) is 27.7 Å². The molecule has 154 valence electrons. The fourth-order valence-electron chi connectivity index (χ4n) is 3.26. The number of ketones is 1. The third kappa shape index (κ3) is 6.54. The topological polar surface area (TPSA) is 60.4 Å². The SMILES string of the molecule is CC[Si](CC)(CC)OCC(C(=O)CS(=O)(=O)c1ccc(C)cc1)C(C)(C)C. The van der Waals surface area contributed by atoms with Crippen LogP contribution in [0.25, 0.3) is 0 Å². The maximum absolute atomic E-state index is 13.0. The first kappa shape index (κ1) is 24.1. The molecule has 1 rings (SSSR count). The van der Waals surface area contributed by atoms with Crippen molar-refractivity contribution in [3.63, 3.8) is 0 Å². The molecule has 1 aromatic rings. The zero-order chi connectivity index (χ0) is 20.9. The number of Topliss-reactive ketones (excluding diaryl/α,β-unsaturated/α-hetero) is 1. The lowest BCUT2D eigenvalue weighted by atomic mass is 9.79. The van der Waals surface area contributed by atoms with Gasteiger partial charge in [0.05, 0.1) is 4.90 Å². The van der Waals surface area contributed by atoms with Gasteiger partial charge in [0.25, 0.3) is 0 Å². The first-order valence-corrected chi connectivity index (χ1v) is 14.0. The van der Waals surface area contributed by atoms with Crippen LogP contribution in [0.4, 0.5) is 0 Å². The lowest BCUT2D eigenvalue weighted by molar-refractivity contribution is -0.124. The maximum Gasteiger partial charge on any atom is 0.192 e. The molecule has 1 unspecified atom stereocenters. The van der Waals surface area contributed by atoms with E-state index in [-0.39, 0.29) is 16.1 Å². The van der Waals surface area contributed by atoms with Crippen molar-refractivity contribution in [1.29, 1.82) is 0 Å². The average Bonchev–Trinajstić information content (AvgIpc) is 2.58. The Morgan fingerprint density at radius 3 is 1.93 bits per heavy atom. The Morgan fingerprint density at radius 2 is 1.52 bits per heavy atom. The molecule has 0 radical (unpaired) electrons. The van der Waals surface area contributed by atoms with E-state index >= 15 is 0 Å². The van der Waals surface area contributed by atoms with Crippen LogP contribution in [0.15, 0.2) is 29.2 Å². The second-order valence-electron chi connectivity index (χ2n) is 8.51. The standard InChI is InChI=1S/C21H36O4SSi/c1-8-27(9-2,10-3)25-15-19(21(5,6)7)20(22)16-26(23,24)18-13-11-17(4)12-14-18/h11-14,19H,8-10,15-16H2,1-7H3. The summed E-state index contributed by atoms with van der Waals surface area (Å²) in [4.78, 5) is 13.2. The minimum absolute atomic E-state index is 0.203. The maximum atomic E-state index is 13.0. The molecule has 0 aliphatic rings. The number of carbonyl (C=O) groups is 1. The van der Waals surface area contributed by atoms with Crippen LogP contribution in [0.1, 0.15) is 47.1 Å². The number of sulfone groups is 1. The van der Waals surface area contributed by atoms with E-state index in [1.165, 1.54) is 0 Å². The fraction of sp³-hybridized carbons (Fsp3) is 0.667. The number of hydrogen-bond donors (Lipinski definition) is 0. The van der Waals surface area contributed by atoms with Gasteiger partial charge in [-0.05, 0) is 42.6 Å². The predicted octanol–water partition coefficient (Wildman–Crippen LogP) is 5.02. The summed E-state index contributed by atoms with van der Waals surface area (Å²) in [6.45, 7) is 14.6. The van der Waals surface area contributed by atoms with Crippen LogP contribution >= 0.6 is 0 Å². The van der Waals surface area contributed by atoms with E-state index in [4.69, 9.17) is 4.43 Å². The third-order valence-corrected chi connectivity index (χ3v) is 11.9. The first-order chi connectivity index (χ1) is 12.4. The molecule has 1 aromatic carbocycles. The zero-order valence-electron chi connectivity index (χ0n) is 18.0. The van der Waals surface area contributed by atoms with Gasteiger partial charge in [-0.1, -0.05) is 59.2 Å². The molecule has 0 saturated carbocycles. The quantitative estimate of drug-likeness (QED) is 0.506. The number of carbonyl (C=O) groups excluding carboxylic acids is 1. The van der Waals surface area contributed by atoms with Crippen LogP contribution < -0.4 is 0 Å². The van der Waals surface area contributed by atoms with E-state index < -0.39 is 29.8 Å². The van der Waals surface area contributed by atoms with Gasteiger partial charge in [-0.2, -0.15) is 0 Å². The molecule has 6 heteroatoms. The van der Waals surface area contributed by atoms with E-state index in [1.54, 1.807) is 24.3 Å². The Hall–Kier alpha value is -0.983. The summed E-state index contributed by atoms with van der Waals surface area (Å²) >= 11 is 0. The van der Waals surface area contributed by atoms with Crippen molar-refractivity contribution in [2.24, 2.45) is 11.3 Å². The number of hydrogen-bond acceptors (Lipinski definition) is 4. The van der Waals surface area contributed by atoms with Crippen LogP contribution in [-0.2, 0) is 19.1 Å². The van der Waals surface area contributed by atoms with Crippen molar-refractivity contribution in [3.8, 4) is 0 Å². The zero-order valence-corrected chi connectivity index (χ0v) is 19.8. The van der Waals surface area contributed by atoms with Crippen molar-refractivity contribution in [1.82, 2.24) is 0 Å². The highest BCUT2D eigenvalue weighted by Crippen LogP contribution is 2.31. The molecule has 0 heterocycles. The normalized spacial score (nSPS) is 14.2. The Morgan fingerprint density at radius 1 is 1.04 bits per heavy atom. The van der Waals surface area contributed by atoms with Gasteiger partial charge < -0.3 is 4.43 Å². The van der Waals surface area contributed by atoms with Crippen molar-refractivity contribution in [2.75, 3.05) is 12.4 Å². The molecule has 0 saturated heterocycles. The Labute approximate surface area is 166 Å². The van der Waals surface area contributed by atoms with E-state index in [2.05, 4.69) is 20.8 Å². The molecule has 0 spiro atoms. The molecule has 0 amide bonds. The molecular weight excluding hydrogens is 376 g/mol.